The molecule has 1 aromatic heterocycles. The van der Waals surface area contributed by atoms with Gasteiger partial charge in [0.05, 0.1) is 10.6 Å². The highest BCUT2D eigenvalue weighted by Crippen LogP contribution is 2.28. The molecule has 1 aromatic carbocycles. The van der Waals surface area contributed by atoms with Gasteiger partial charge in [0, 0.05) is 21.9 Å². The third-order valence-corrected chi connectivity index (χ3v) is 3.70. The van der Waals surface area contributed by atoms with Crippen LogP contribution in [0.15, 0.2) is 34.9 Å². The molecule has 0 saturated carbocycles. The van der Waals surface area contributed by atoms with Crippen molar-refractivity contribution < 1.29 is 9.18 Å². The van der Waals surface area contributed by atoms with E-state index in [1.165, 1.54) is 12.3 Å². The summed E-state index contributed by atoms with van der Waals surface area (Å²) >= 11 is 8.86. The molecule has 2 nitrogen and oxygen atoms in total. The molecule has 2 aromatic rings. The van der Waals surface area contributed by atoms with Crippen molar-refractivity contribution in [2.75, 3.05) is 0 Å². The normalized spacial score (nSPS) is 10.4. The van der Waals surface area contributed by atoms with Crippen molar-refractivity contribution in [1.82, 2.24) is 4.98 Å². The number of pyridine rings is 1. The summed E-state index contributed by atoms with van der Waals surface area (Å²) in [5, 5.41) is -0.0911. The fraction of sp³-hybridized carbons (Fsp3) is 0.0769. The Morgan fingerprint density at radius 3 is 2.78 bits per heavy atom. The first-order valence-corrected chi connectivity index (χ1v) is 6.28. The van der Waals surface area contributed by atoms with Gasteiger partial charge in [0.25, 0.3) is 0 Å². The summed E-state index contributed by atoms with van der Waals surface area (Å²) in [4.78, 5) is 16.1. The second-order valence-corrected chi connectivity index (χ2v) is 4.97. The summed E-state index contributed by atoms with van der Waals surface area (Å²) in [5.74, 6) is -1.13. The Hall–Kier alpha value is -1.26. The Bertz CT molecular complexity index is 630. The lowest BCUT2D eigenvalue weighted by Gasteiger charge is -2.06. The summed E-state index contributed by atoms with van der Waals surface area (Å²) in [6.07, 6.45) is 1.51. The summed E-state index contributed by atoms with van der Waals surface area (Å²) in [5.41, 5.74) is 1.04. The van der Waals surface area contributed by atoms with Gasteiger partial charge in [-0.2, -0.15) is 0 Å². The SMILES string of the molecule is Cc1cc(C(=O)c2ccc(Br)c(Cl)c2F)ccn1. The zero-order chi connectivity index (χ0) is 13.3. The van der Waals surface area contributed by atoms with Gasteiger partial charge in [-0.05, 0) is 47.1 Å². The predicted molar refractivity (Wildman–Crippen MR) is 71.5 cm³/mol. The molecule has 1 heterocycles. The Morgan fingerprint density at radius 2 is 2.11 bits per heavy atom. The van der Waals surface area contributed by atoms with E-state index in [1.54, 1.807) is 25.1 Å². The predicted octanol–water partition coefficient (Wildman–Crippen LogP) is 4.18. The van der Waals surface area contributed by atoms with E-state index in [9.17, 15) is 9.18 Å². The van der Waals surface area contributed by atoms with Gasteiger partial charge in [-0.3, -0.25) is 9.78 Å². The topological polar surface area (TPSA) is 30.0 Å². The molecule has 0 unspecified atom stereocenters. The van der Waals surface area contributed by atoms with Crippen molar-refractivity contribution in [3.05, 3.63) is 62.6 Å². The van der Waals surface area contributed by atoms with Gasteiger partial charge in [0.15, 0.2) is 11.6 Å². The second kappa shape index (κ2) is 5.16. The van der Waals surface area contributed by atoms with E-state index in [0.717, 1.165) is 0 Å². The van der Waals surface area contributed by atoms with Gasteiger partial charge in [0.2, 0.25) is 0 Å². The van der Waals surface area contributed by atoms with Crippen LogP contribution >= 0.6 is 27.5 Å². The molecular formula is C13H8BrClFNO. The molecule has 0 amide bonds. The number of benzene rings is 1. The molecule has 0 spiro atoms. The van der Waals surface area contributed by atoms with Crippen molar-refractivity contribution in [2.24, 2.45) is 0 Å². The van der Waals surface area contributed by atoms with Crippen molar-refractivity contribution >= 4 is 33.3 Å². The number of ketones is 1. The molecule has 5 heteroatoms. The minimum absolute atomic E-state index is 0.0474. The van der Waals surface area contributed by atoms with Gasteiger partial charge in [-0.25, -0.2) is 4.39 Å². The van der Waals surface area contributed by atoms with Crippen LogP contribution in [0, 0.1) is 12.7 Å². The monoisotopic (exact) mass is 327 g/mol. The van der Waals surface area contributed by atoms with Crippen LogP contribution in [0.5, 0.6) is 0 Å². The lowest BCUT2D eigenvalue weighted by Crippen LogP contribution is -2.05. The highest BCUT2D eigenvalue weighted by Gasteiger charge is 2.18. The van der Waals surface area contributed by atoms with Crippen LogP contribution in [-0.2, 0) is 0 Å². The molecule has 0 aliphatic heterocycles. The Morgan fingerprint density at radius 1 is 1.39 bits per heavy atom. The molecule has 18 heavy (non-hydrogen) atoms. The zero-order valence-corrected chi connectivity index (χ0v) is 11.7. The molecule has 0 bridgehead atoms. The van der Waals surface area contributed by atoms with Gasteiger partial charge in [0.1, 0.15) is 0 Å². The lowest BCUT2D eigenvalue weighted by molar-refractivity contribution is 0.103. The third kappa shape index (κ3) is 2.44. The number of hydrogen-bond donors (Lipinski definition) is 0. The number of halogens is 3. The fourth-order valence-corrected chi connectivity index (χ4v) is 2.01. The summed E-state index contributed by atoms with van der Waals surface area (Å²) < 4.78 is 14.3. The average Bonchev–Trinajstić information content (AvgIpc) is 2.35. The number of aromatic nitrogens is 1. The van der Waals surface area contributed by atoms with E-state index >= 15 is 0 Å². The number of nitrogens with zero attached hydrogens (tertiary/aromatic N) is 1. The summed E-state index contributed by atoms with van der Waals surface area (Å²) in [7, 11) is 0. The highest BCUT2D eigenvalue weighted by molar-refractivity contribution is 9.10. The molecule has 0 radical (unpaired) electrons. The smallest absolute Gasteiger partial charge is 0.196 e. The first kappa shape index (κ1) is 13.2. The lowest BCUT2D eigenvalue weighted by atomic mass is 10.0. The maximum atomic E-state index is 13.9. The van der Waals surface area contributed by atoms with E-state index < -0.39 is 11.6 Å². The molecule has 0 aliphatic rings. The van der Waals surface area contributed by atoms with Gasteiger partial charge >= 0.3 is 0 Å². The molecule has 2 rings (SSSR count). The van der Waals surface area contributed by atoms with E-state index in [4.69, 9.17) is 11.6 Å². The minimum Gasteiger partial charge on any atom is -0.288 e. The van der Waals surface area contributed by atoms with Crippen LogP contribution in [0.3, 0.4) is 0 Å². The first-order valence-electron chi connectivity index (χ1n) is 5.11. The Kier molecular flexibility index (Phi) is 3.78. The molecular weight excluding hydrogens is 321 g/mol. The maximum Gasteiger partial charge on any atom is 0.196 e. The number of hydrogen-bond acceptors (Lipinski definition) is 2. The standard InChI is InChI=1S/C13H8BrClFNO/c1-7-6-8(4-5-17-7)13(18)9-2-3-10(14)11(15)12(9)16/h2-6H,1H3. The van der Waals surface area contributed by atoms with Crippen molar-refractivity contribution in [3.8, 4) is 0 Å². The van der Waals surface area contributed by atoms with Crippen molar-refractivity contribution in [2.45, 2.75) is 6.92 Å². The maximum absolute atomic E-state index is 13.9. The first-order chi connectivity index (χ1) is 8.50. The number of carbonyl (C=O) groups excluding carboxylic acids is 1. The average molecular weight is 329 g/mol. The van der Waals surface area contributed by atoms with Crippen LogP contribution < -0.4 is 0 Å². The Labute approximate surface area is 117 Å². The van der Waals surface area contributed by atoms with Crippen molar-refractivity contribution in [1.29, 1.82) is 0 Å². The third-order valence-electron chi connectivity index (χ3n) is 2.44. The molecule has 0 fully saturated rings. The van der Waals surface area contributed by atoms with Crippen LogP contribution in [0.25, 0.3) is 0 Å². The van der Waals surface area contributed by atoms with E-state index in [2.05, 4.69) is 20.9 Å². The van der Waals surface area contributed by atoms with Gasteiger partial charge in [-0.15, -0.1) is 0 Å². The second-order valence-electron chi connectivity index (χ2n) is 3.74. The summed E-state index contributed by atoms with van der Waals surface area (Å²) in [6, 6.07) is 6.11. The molecule has 0 aliphatic carbocycles. The molecule has 92 valence electrons. The fourth-order valence-electron chi connectivity index (χ4n) is 1.54. The quantitative estimate of drug-likeness (QED) is 0.611. The van der Waals surface area contributed by atoms with Gasteiger partial charge in [-0.1, -0.05) is 11.6 Å². The Balaban J connectivity index is 2.50. The number of carbonyl (C=O) groups is 1. The van der Waals surface area contributed by atoms with Crippen LogP contribution in [-0.4, -0.2) is 10.8 Å². The minimum atomic E-state index is -0.717. The van der Waals surface area contributed by atoms with Crippen LogP contribution in [0.2, 0.25) is 5.02 Å². The van der Waals surface area contributed by atoms with Crippen molar-refractivity contribution in [3.63, 3.8) is 0 Å². The van der Waals surface area contributed by atoms with E-state index in [-0.39, 0.29) is 10.6 Å². The molecule has 0 N–H and O–H groups in total. The van der Waals surface area contributed by atoms with Gasteiger partial charge < -0.3 is 0 Å². The number of aryl methyl sites for hydroxylation is 1. The largest absolute Gasteiger partial charge is 0.288 e. The summed E-state index contributed by atoms with van der Waals surface area (Å²) in [6.45, 7) is 1.77. The van der Waals surface area contributed by atoms with E-state index in [0.29, 0.717) is 15.7 Å². The zero-order valence-electron chi connectivity index (χ0n) is 9.38. The molecule has 0 saturated heterocycles. The van der Waals surface area contributed by atoms with Crippen LogP contribution in [0.4, 0.5) is 4.39 Å². The number of rotatable bonds is 2. The van der Waals surface area contributed by atoms with Crippen LogP contribution in [0.1, 0.15) is 21.6 Å². The highest BCUT2D eigenvalue weighted by atomic mass is 79.9. The molecule has 0 atom stereocenters. The van der Waals surface area contributed by atoms with E-state index in [1.807, 2.05) is 0 Å².